The summed E-state index contributed by atoms with van der Waals surface area (Å²) >= 11 is 12.5. The van der Waals surface area contributed by atoms with E-state index in [1.165, 1.54) is 0 Å². The summed E-state index contributed by atoms with van der Waals surface area (Å²) in [6, 6.07) is 5.68. The van der Waals surface area contributed by atoms with Crippen molar-refractivity contribution in [3.8, 4) is 0 Å². The fourth-order valence-electron chi connectivity index (χ4n) is 2.96. The first kappa shape index (κ1) is 16.8. The Morgan fingerprint density at radius 2 is 2.09 bits per heavy atom. The highest BCUT2D eigenvalue weighted by Gasteiger charge is 2.22. The molecule has 1 saturated heterocycles. The SMILES string of the molecule is Cn1cc([C@@H]2CN(CCCc3c(Cl)cccc3Cl)CCO2)cn1. The molecule has 1 aromatic carbocycles. The molecule has 1 fully saturated rings. The number of morpholine rings is 1. The predicted molar refractivity (Wildman–Crippen MR) is 93.1 cm³/mol. The molecule has 23 heavy (non-hydrogen) atoms. The zero-order valence-electron chi connectivity index (χ0n) is 13.2. The van der Waals surface area contributed by atoms with E-state index in [1.54, 1.807) is 0 Å². The largest absolute Gasteiger partial charge is 0.371 e. The van der Waals surface area contributed by atoms with Crippen LogP contribution in [0.1, 0.15) is 23.7 Å². The molecule has 0 spiro atoms. The van der Waals surface area contributed by atoms with Crippen LogP contribution in [0.2, 0.25) is 10.0 Å². The average molecular weight is 354 g/mol. The second kappa shape index (κ2) is 7.67. The van der Waals surface area contributed by atoms with Crippen LogP contribution in [-0.2, 0) is 18.2 Å². The summed E-state index contributed by atoms with van der Waals surface area (Å²) < 4.78 is 7.69. The van der Waals surface area contributed by atoms with Crippen LogP contribution in [0.15, 0.2) is 30.6 Å². The Balaban J connectivity index is 1.52. The van der Waals surface area contributed by atoms with E-state index in [-0.39, 0.29) is 6.10 Å². The van der Waals surface area contributed by atoms with Crippen molar-refractivity contribution >= 4 is 23.2 Å². The van der Waals surface area contributed by atoms with Crippen LogP contribution in [0.25, 0.3) is 0 Å². The summed E-state index contributed by atoms with van der Waals surface area (Å²) in [7, 11) is 1.93. The number of hydrogen-bond acceptors (Lipinski definition) is 3. The standard InChI is InChI=1S/C17H21Cl2N3O/c1-21-11-13(10-20-21)17-12-22(8-9-23-17)7-3-4-14-15(18)5-2-6-16(14)19/h2,5-6,10-11,17H,3-4,7-9,12H2,1H3/t17-/m0/s1. The van der Waals surface area contributed by atoms with E-state index in [4.69, 9.17) is 27.9 Å². The van der Waals surface area contributed by atoms with E-state index >= 15 is 0 Å². The highest BCUT2D eigenvalue weighted by Crippen LogP contribution is 2.26. The van der Waals surface area contributed by atoms with Crippen molar-refractivity contribution in [2.24, 2.45) is 7.05 Å². The van der Waals surface area contributed by atoms with Gasteiger partial charge in [-0.1, -0.05) is 29.3 Å². The van der Waals surface area contributed by atoms with Crippen LogP contribution in [0.5, 0.6) is 0 Å². The minimum Gasteiger partial charge on any atom is -0.371 e. The zero-order valence-corrected chi connectivity index (χ0v) is 14.7. The predicted octanol–water partition coefficient (Wildman–Crippen LogP) is 3.73. The molecule has 1 aromatic heterocycles. The lowest BCUT2D eigenvalue weighted by molar-refractivity contribution is -0.0302. The van der Waals surface area contributed by atoms with Crippen LogP contribution in [0, 0.1) is 0 Å². The molecule has 1 aliphatic heterocycles. The Labute approximate surface area is 146 Å². The molecule has 0 bridgehead atoms. The molecular weight excluding hydrogens is 333 g/mol. The lowest BCUT2D eigenvalue weighted by atomic mass is 10.1. The molecule has 124 valence electrons. The van der Waals surface area contributed by atoms with E-state index in [9.17, 15) is 0 Å². The van der Waals surface area contributed by atoms with Gasteiger partial charge in [-0.05, 0) is 37.1 Å². The smallest absolute Gasteiger partial charge is 0.0982 e. The maximum Gasteiger partial charge on any atom is 0.0982 e. The fourth-order valence-corrected chi connectivity index (χ4v) is 3.55. The molecular formula is C17H21Cl2N3O. The van der Waals surface area contributed by atoms with Crippen LogP contribution in [0.4, 0.5) is 0 Å². The zero-order chi connectivity index (χ0) is 16.2. The summed E-state index contributed by atoms with van der Waals surface area (Å²) in [5.41, 5.74) is 2.19. The quantitative estimate of drug-likeness (QED) is 0.820. The van der Waals surface area contributed by atoms with E-state index in [1.807, 2.05) is 42.3 Å². The van der Waals surface area contributed by atoms with Gasteiger partial charge < -0.3 is 4.74 Å². The third kappa shape index (κ3) is 4.27. The number of nitrogens with zero attached hydrogens (tertiary/aromatic N) is 3. The Morgan fingerprint density at radius 1 is 1.30 bits per heavy atom. The van der Waals surface area contributed by atoms with Gasteiger partial charge in [-0.3, -0.25) is 9.58 Å². The van der Waals surface area contributed by atoms with Crippen molar-refractivity contribution in [3.05, 3.63) is 51.8 Å². The monoisotopic (exact) mass is 353 g/mol. The van der Waals surface area contributed by atoms with Crippen molar-refractivity contribution < 1.29 is 4.74 Å². The summed E-state index contributed by atoms with van der Waals surface area (Å²) in [6.45, 7) is 3.64. The molecule has 4 nitrogen and oxygen atoms in total. The summed E-state index contributed by atoms with van der Waals surface area (Å²) in [5.74, 6) is 0. The maximum atomic E-state index is 6.23. The molecule has 0 aliphatic carbocycles. The van der Waals surface area contributed by atoms with Gasteiger partial charge in [0, 0.05) is 41.9 Å². The number of benzene rings is 1. The molecule has 2 heterocycles. The highest BCUT2D eigenvalue weighted by atomic mass is 35.5. The van der Waals surface area contributed by atoms with E-state index < -0.39 is 0 Å². The first-order chi connectivity index (χ1) is 11.1. The lowest BCUT2D eigenvalue weighted by Crippen LogP contribution is -2.38. The van der Waals surface area contributed by atoms with Crippen molar-refractivity contribution in [1.29, 1.82) is 0 Å². The van der Waals surface area contributed by atoms with E-state index in [2.05, 4.69) is 10.00 Å². The van der Waals surface area contributed by atoms with Crippen LogP contribution in [0.3, 0.4) is 0 Å². The molecule has 1 atom stereocenters. The normalized spacial score (nSPS) is 19.2. The fraction of sp³-hybridized carbons (Fsp3) is 0.471. The Morgan fingerprint density at radius 3 is 2.78 bits per heavy atom. The molecule has 3 rings (SSSR count). The van der Waals surface area contributed by atoms with Crippen molar-refractivity contribution in [2.75, 3.05) is 26.2 Å². The van der Waals surface area contributed by atoms with Gasteiger partial charge in [0.25, 0.3) is 0 Å². The number of aromatic nitrogens is 2. The topological polar surface area (TPSA) is 30.3 Å². The number of rotatable bonds is 5. The van der Waals surface area contributed by atoms with Gasteiger partial charge in [0.05, 0.1) is 18.9 Å². The van der Waals surface area contributed by atoms with E-state index in [0.717, 1.165) is 60.3 Å². The highest BCUT2D eigenvalue weighted by molar-refractivity contribution is 6.35. The van der Waals surface area contributed by atoms with Gasteiger partial charge in [-0.25, -0.2) is 0 Å². The Hall–Kier alpha value is -1.07. The molecule has 1 aliphatic rings. The molecule has 6 heteroatoms. The second-order valence-corrected chi connectivity index (χ2v) is 6.73. The lowest BCUT2D eigenvalue weighted by Gasteiger charge is -2.32. The van der Waals surface area contributed by atoms with Gasteiger partial charge in [0.15, 0.2) is 0 Å². The van der Waals surface area contributed by atoms with E-state index in [0.29, 0.717) is 0 Å². The molecule has 0 N–H and O–H groups in total. The van der Waals surface area contributed by atoms with Crippen LogP contribution < -0.4 is 0 Å². The maximum absolute atomic E-state index is 6.23. The second-order valence-electron chi connectivity index (χ2n) is 5.91. The summed E-state index contributed by atoms with van der Waals surface area (Å²) in [6.07, 6.45) is 5.95. The molecule has 0 amide bonds. The summed E-state index contributed by atoms with van der Waals surface area (Å²) in [4.78, 5) is 2.44. The minimum atomic E-state index is 0.112. The van der Waals surface area contributed by atoms with Gasteiger partial charge in [-0.15, -0.1) is 0 Å². The number of aryl methyl sites for hydroxylation is 1. The van der Waals surface area contributed by atoms with Crippen LogP contribution >= 0.6 is 23.2 Å². The van der Waals surface area contributed by atoms with Gasteiger partial charge in [0.1, 0.15) is 0 Å². The number of hydrogen-bond donors (Lipinski definition) is 0. The third-order valence-electron chi connectivity index (χ3n) is 4.21. The summed E-state index contributed by atoms with van der Waals surface area (Å²) in [5, 5.41) is 5.74. The van der Waals surface area contributed by atoms with Gasteiger partial charge >= 0.3 is 0 Å². The first-order valence-electron chi connectivity index (χ1n) is 7.89. The number of ether oxygens (including phenoxy) is 1. The third-order valence-corrected chi connectivity index (χ3v) is 4.92. The number of halogens is 2. The van der Waals surface area contributed by atoms with Crippen molar-refractivity contribution in [2.45, 2.75) is 18.9 Å². The van der Waals surface area contributed by atoms with Crippen molar-refractivity contribution in [1.82, 2.24) is 14.7 Å². The van der Waals surface area contributed by atoms with Gasteiger partial charge in [0.2, 0.25) is 0 Å². The average Bonchev–Trinajstić information content (AvgIpc) is 2.97. The first-order valence-corrected chi connectivity index (χ1v) is 8.64. The molecule has 0 unspecified atom stereocenters. The van der Waals surface area contributed by atoms with Gasteiger partial charge in [-0.2, -0.15) is 5.10 Å². The molecule has 0 saturated carbocycles. The van der Waals surface area contributed by atoms with Crippen LogP contribution in [-0.4, -0.2) is 40.9 Å². The molecule has 0 radical (unpaired) electrons. The Bertz CT molecular complexity index is 639. The Kier molecular flexibility index (Phi) is 5.59. The molecule has 2 aromatic rings. The van der Waals surface area contributed by atoms with Crippen molar-refractivity contribution in [3.63, 3.8) is 0 Å². The minimum absolute atomic E-state index is 0.112.